The molecule has 0 radical (unpaired) electrons. The zero-order chi connectivity index (χ0) is 31.1. The van der Waals surface area contributed by atoms with Crippen molar-refractivity contribution in [3.8, 4) is 34.1 Å². The Morgan fingerprint density at radius 2 is 1.44 bits per heavy atom. The second kappa shape index (κ2) is 11.8. The van der Waals surface area contributed by atoms with Crippen LogP contribution in [0.3, 0.4) is 0 Å². The summed E-state index contributed by atoms with van der Waals surface area (Å²) in [5, 5.41) is 7.08. The van der Waals surface area contributed by atoms with Gasteiger partial charge >= 0.3 is 0 Å². The van der Waals surface area contributed by atoms with Crippen LogP contribution in [-0.2, 0) is 5.41 Å². The summed E-state index contributed by atoms with van der Waals surface area (Å²) in [6.07, 6.45) is 10.2. The van der Waals surface area contributed by atoms with E-state index in [2.05, 4.69) is 117 Å². The number of pyridine rings is 1. The molecule has 4 aromatic carbocycles. The van der Waals surface area contributed by atoms with E-state index in [-0.39, 0.29) is 5.41 Å². The molecule has 0 unspecified atom stereocenters. The Hall–Kier alpha value is -4.46. The Morgan fingerprint density at radius 1 is 0.711 bits per heavy atom. The number of hydrogen-bond donors (Lipinski definition) is 0. The van der Waals surface area contributed by atoms with Gasteiger partial charge in [0.15, 0.2) is 0 Å². The highest BCUT2D eigenvalue weighted by Crippen LogP contribution is 2.39. The first-order valence-electron chi connectivity index (χ1n) is 14.9. The topological polar surface area (TPSA) is 44.9 Å². The van der Waals surface area contributed by atoms with Gasteiger partial charge in [-0.2, -0.15) is 5.10 Å². The lowest BCUT2D eigenvalue weighted by Gasteiger charge is -2.20. The van der Waals surface area contributed by atoms with Gasteiger partial charge < -0.3 is 4.74 Å². The largest absolute Gasteiger partial charge is 0.457 e. The summed E-state index contributed by atoms with van der Waals surface area (Å²) < 4.78 is 10.7. The van der Waals surface area contributed by atoms with Crippen LogP contribution in [0.2, 0.25) is 0 Å². The van der Waals surface area contributed by atoms with Gasteiger partial charge in [0.2, 0.25) is 0 Å². The van der Waals surface area contributed by atoms with E-state index >= 15 is 0 Å². The summed E-state index contributed by atoms with van der Waals surface area (Å²) >= 11 is 3.51. The molecular weight excluding hydrogens is 593 g/mol. The highest BCUT2D eigenvalue weighted by molar-refractivity contribution is 7.99. The molecular formula is C38H34N4OS2. The van der Waals surface area contributed by atoms with Crippen LogP contribution in [0.15, 0.2) is 125 Å². The van der Waals surface area contributed by atoms with Gasteiger partial charge in [0.25, 0.3) is 0 Å². The van der Waals surface area contributed by atoms with Gasteiger partial charge in [-0.25, -0.2) is 9.67 Å². The fourth-order valence-corrected chi connectivity index (χ4v) is 7.18. The van der Waals surface area contributed by atoms with Crippen molar-refractivity contribution in [1.29, 1.82) is 0 Å². The predicted octanol–water partition coefficient (Wildman–Crippen LogP) is 10.6. The van der Waals surface area contributed by atoms with Crippen LogP contribution in [0.1, 0.15) is 26.3 Å². The number of thioether (sulfide) groups is 2. The molecule has 0 amide bonds. The molecule has 224 valence electrons. The molecule has 7 rings (SSSR count). The minimum atomic E-state index is 0.0146. The molecule has 0 bridgehead atoms. The summed E-state index contributed by atoms with van der Waals surface area (Å²) in [7, 11) is 0. The molecule has 7 aromatic rings. The molecule has 0 atom stereocenters. The molecule has 5 nitrogen and oxygen atoms in total. The van der Waals surface area contributed by atoms with Gasteiger partial charge in [0.05, 0.1) is 22.9 Å². The number of benzene rings is 4. The van der Waals surface area contributed by atoms with Crippen molar-refractivity contribution in [3.05, 3.63) is 121 Å². The van der Waals surface area contributed by atoms with Crippen LogP contribution in [-0.4, -0.2) is 31.8 Å². The Kier molecular flexibility index (Phi) is 7.68. The number of aromatic nitrogens is 4. The molecule has 0 saturated carbocycles. The number of rotatable bonds is 7. The van der Waals surface area contributed by atoms with Crippen molar-refractivity contribution >= 4 is 45.3 Å². The molecule has 7 heteroatoms. The maximum atomic E-state index is 6.50. The zero-order valence-electron chi connectivity index (χ0n) is 26.0. The third-order valence-corrected chi connectivity index (χ3v) is 9.66. The summed E-state index contributed by atoms with van der Waals surface area (Å²) in [5.74, 6) is 2.40. The first kappa shape index (κ1) is 29.3. The van der Waals surface area contributed by atoms with E-state index in [0.29, 0.717) is 0 Å². The first-order chi connectivity index (χ1) is 21.8. The van der Waals surface area contributed by atoms with E-state index in [9.17, 15) is 0 Å². The van der Waals surface area contributed by atoms with Crippen molar-refractivity contribution in [3.63, 3.8) is 0 Å². The number of fused-ring (bicyclic) bond motifs is 3. The monoisotopic (exact) mass is 626 g/mol. The second-order valence-electron chi connectivity index (χ2n) is 12.0. The van der Waals surface area contributed by atoms with Crippen molar-refractivity contribution in [2.24, 2.45) is 0 Å². The number of para-hydroxylation sites is 1. The molecule has 0 aliphatic rings. The lowest BCUT2D eigenvalue weighted by Crippen LogP contribution is -2.12. The van der Waals surface area contributed by atoms with E-state index in [1.165, 1.54) is 26.3 Å². The maximum Gasteiger partial charge on any atom is 0.137 e. The highest BCUT2D eigenvalue weighted by atomic mass is 32.2. The molecule has 3 heterocycles. The number of nitrogens with zero attached hydrogens (tertiary/aromatic N) is 4. The lowest BCUT2D eigenvalue weighted by molar-refractivity contribution is 0.483. The van der Waals surface area contributed by atoms with Gasteiger partial charge in [-0.05, 0) is 78.1 Å². The third kappa shape index (κ3) is 5.51. The Balaban J connectivity index is 1.25. The standard InChI is InChI=1S/C38H34N4OS2/c1-38(2,3)26-18-19-39-36(20-26)42-32-13-7-6-12-30(32)31-17-16-29(22-33(31)42)43-28-11-8-10-27(21-28)41-24-25(23-40-41)37-34(44-4)14-9-15-35(37)45-5/h6-24H,1-5H3. The van der Waals surface area contributed by atoms with E-state index in [1.54, 1.807) is 23.5 Å². The van der Waals surface area contributed by atoms with Crippen molar-refractivity contribution in [2.45, 2.75) is 36.0 Å². The Labute approximate surface area is 272 Å². The molecule has 45 heavy (non-hydrogen) atoms. The zero-order valence-corrected chi connectivity index (χ0v) is 27.6. The fraction of sp³-hybridized carbons (Fsp3) is 0.158. The van der Waals surface area contributed by atoms with Crippen molar-refractivity contribution in [2.75, 3.05) is 12.5 Å². The van der Waals surface area contributed by atoms with Gasteiger partial charge in [0, 0.05) is 56.2 Å². The smallest absolute Gasteiger partial charge is 0.137 e. The summed E-state index contributed by atoms with van der Waals surface area (Å²) in [6.45, 7) is 6.69. The van der Waals surface area contributed by atoms with Crippen LogP contribution in [0.4, 0.5) is 0 Å². The average Bonchev–Trinajstić information content (AvgIpc) is 3.67. The van der Waals surface area contributed by atoms with Crippen LogP contribution in [0.25, 0.3) is 44.4 Å². The van der Waals surface area contributed by atoms with Crippen LogP contribution < -0.4 is 4.74 Å². The van der Waals surface area contributed by atoms with Crippen LogP contribution in [0, 0.1) is 0 Å². The fourth-order valence-electron chi connectivity index (χ4n) is 5.82. The Bertz CT molecular complexity index is 2150. The maximum absolute atomic E-state index is 6.50. The second-order valence-corrected chi connectivity index (χ2v) is 13.7. The average molecular weight is 627 g/mol. The van der Waals surface area contributed by atoms with E-state index in [1.807, 2.05) is 41.3 Å². The van der Waals surface area contributed by atoms with Gasteiger partial charge in [-0.3, -0.25) is 4.57 Å². The van der Waals surface area contributed by atoms with E-state index in [4.69, 9.17) is 14.8 Å². The van der Waals surface area contributed by atoms with Gasteiger partial charge in [-0.15, -0.1) is 23.5 Å². The van der Waals surface area contributed by atoms with E-state index in [0.717, 1.165) is 45.0 Å². The third-order valence-electron chi connectivity index (χ3n) is 8.10. The highest BCUT2D eigenvalue weighted by Gasteiger charge is 2.18. The molecule has 0 aliphatic heterocycles. The normalized spacial score (nSPS) is 11.8. The van der Waals surface area contributed by atoms with Crippen molar-refractivity contribution in [1.82, 2.24) is 19.3 Å². The Morgan fingerprint density at radius 3 is 2.22 bits per heavy atom. The molecule has 3 aromatic heterocycles. The number of hydrogen-bond acceptors (Lipinski definition) is 5. The molecule has 0 saturated heterocycles. The van der Waals surface area contributed by atoms with Crippen LogP contribution in [0.5, 0.6) is 11.5 Å². The molecule has 0 aliphatic carbocycles. The van der Waals surface area contributed by atoms with E-state index < -0.39 is 0 Å². The SMILES string of the molecule is CSc1cccc(SC)c1-c1cnn(-c2cccc(Oc3ccc4c5ccccc5n(-c5cc(C(C)(C)C)ccn5)c4c3)c2)c1. The first-order valence-corrected chi connectivity index (χ1v) is 17.3. The predicted molar refractivity (Wildman–Crippen MR) is 190 cm³/mol. The van der Waals surface area contributed by atoms with Crippen molar-refractivity contribution < 1.29 is 4.74 Å². The number of ether oxygens (including phenoxy) is 1. The van der Waals surface area contributed by atoms with Gasteiger partial charge in [-0.1, -0.05) is 51.1 Å². The molecule has 0 spiro atoms. The van der Waals surface area contributed by atoms with Crippen LogP contribution >= 0.6 is 23.5 Å². The molecule has 0 fully saturated rings. The molecule has 0 N–H and O–H groups in total. The lowest BCUT2D eigenvalue weighted by atomic mass is 9.88. The minimum absolute atomic E-state index is 0.0146. The quantitative estimate of drug-likeness (QED) is 0.165. The summed E-state index contributed by atoms with van der Waals surface area (Å²) in [6, 6.07) is 33.6. The summed E-state index contributed by atoms with van der Waals surface area (Å²) in [4.78, 5) is 7.29. The van der Waals surface area contributed by atoms with Gasteiger partial charge in [0.1, 0.15) is 17.3 Å². The minimum Gasteiger partial charge on any atom is -0.457 e. The summed E-state index contributed by atoms with van der Waals surface area (Å²) in [5.41, 5.74) is 6.68.